The molecule has 0 spiro atoms. The lowest BCUT2D eigenvalue weighted by Gasteiger charge is -2.24. The van der Waals surface area contributed by atoms with Crippen LogP contribution in [0.1, 0.15) is 32.8 Å². The number of H-pyrrole nitrogens is 1. The van der Waals surface area contributed by atoms with Crippen LogP contribution in [0.2, 0.25) is 0 Å². The fourth-order valence-corrected chi connectivity index (χ4v) is 2.21. The van der Waals surface area contributed by atoms with Crippen molar-refractivity contribution < 1.29 is 4.79 Å². The summed E-state index contributed by atoms with van der Waals surface area (Å²) in [6.07, 6.45) is 3.50. The molecule has 4 N–H and O–H groups in total. The van der Waals surface area contributed by atoms with Gasteiger partial charge in [-0.15, -0.1) is 0 Å². The lowest BCUT2D eigenvalue weighted by atomic mass is 9.90. The number of carbonyl (C=O) groups is 1. The summed E-state index contributed by atoms with van der Waals surface area (Å²) in [5, 5.41) is 4.09. The molecule has 0 saturated heterocycles. The third-order valence-corrected chi connectivity index (χ3v) is 4.15. The summed E-state index contributed by atoms with van der Waals surface area (Å²) >= 11 is 0. The molecule has 1 aromatic heterocycles. The number of fused-ring (bicyclic) bond motifs is 1. The molecule has 0 bridgehead atoms. The van der Waals surface area contributed by atoms with E-state index in [4.69, 9.17) is 5.73 Å². The summed E-state index contributed by atoms with van der Waals surface area (Å²) in [5.74, 6) is -0.0817. The number of hydrogen-bond donors (Lipinski definition) is 3. The molecule has 0 aliphatic rings. The van der Waals surface area contributed by atoms with E-state index in [2.05, 4.69) is 31.1 Å². The van der Waals surface area contributed by atoms with Crippen LogP contribution in [0.25, 0.3) is 10.9 Å². The van der Waals surface area contributed by atoms with Crippen LogP contribution in [0.5, 0.6) is 0 Å². The molecule has 21 heavy (non-hydrogen) atoms. The van der Waals surface area contributed by atoms with Gasteiger partial charge in [-0.2, -0.15) is 0 Å². The summed E-state index contributed by atoms with van der Waals surface area (Å²) in [7, 11) is 0. The summed E-state index contributed by atoms with van der Waals surface area (Å²) < 4.78 is 0. The Morgan fingerprint density at radius 3 is 2.81 bits per heavy atom. The second kappa shape index (κ2) is 6.31. The maximum Gasteiger partial charge on any atom is 0.237 e. The van der Waals surface area contributed by atoms with Crippen molar-refractivity contribution in [2.45, 2.75) is 39.7 Å². The predicted octanol–water partition coefficient (Wildman–Crippen LogP) is 2.59. The molecule has 4 heteroatoms. The molecule has 0 saturated carbocycles. The Kier molecular flexibility index (Phi) is 4.68. The van der Waals surface area contributed by atoms with Gasteiger partial charge in [0.25, 0.3) is 0 Å². The Labute approximate surface area is 126 Å². The lowest BCUT2D eigenvalue weighted by molar-refractivity contribution is -0.122. The predicted molar refractivity (Wildman–Crippen MR) is 87.1 cm³/mol. The van der Waals surface area contributed by atoms with Crippen LogP contribution in [-0.2, 0) is 11.2 Å². The Balaban J connectivity index is 1.98. The van der Waals surface area contributed by atoms with Crippen molar-refractivity contribution in [1.82, 2.24) is 10.3 Å². The fourth-order valence-electron chi connectivity index (χ4n) is 2.21. The second-order valence-electron chi connectivity index (χ2n) is 6.41. The van der Waals surface area contributed by atoms with Gasteiger partial charge < -0.3 is 16.0 Å². The first kappa shape index (κ1) is 15.6. The van der Waals surface area contributed by atoms with Gasteiger partial charge in [0.05, 0.1) is 6.04 Å². The first-order valence-corrected chi connectivity index (χ1v) is 7.51. The van der Waals surface area contributed by atoms with Crippen LogP contribution in [-0.4, -0.2) is 23.5 Å². The molecule has 0 fully saturated rings. The van der Waals surface area contributed by atoms with Crippen molar-refractivity contribution in [3.05, 3.63) is 36.0 Å². The largest absolute Gasteiger partial charge is 0.361 e. The van der Waals surface area contributed by atoms with E-state index in [1.54, 1.807) is 0 Å². The van der Waals surface area contributed by atoms with Gasteiger partial charge in [0.1, 0.15) is 0 Å². The van der Waals surface area contributed by atoms with Crippen LogP contribution in [0.15, 0.2) is 30.5 Å². The number of aromatic amines is 1. The molecular weight excluding hydrogens is 262 g/mol. The number of amides is 1. The maximum absolute atomic E-state index is 12.1. The van der Waals surface area contributed by atoms with Gasteiger partial charge in [0, 0.05) is 23.6 Å². The van der Waals surface area contributed by atoms with Gasteiger partial charge in [0.15, 0.2) is 0 Å². The normalized spacial score (nSPS) is 13.3. The topological polar surface area (TPSA) is 70.9 Å². The summed E-state index contributed by atoms with van der Waals surface area (Å²) in [5.41, 5.74) is 8.31. The summed E-state index contributed by atoms with van der Waals surface area (Å²) in [6, 6.07) is 7.54. The molecule has 1 atom stereocenters. The van der Waals surface area contributed by atoms with Gasteiger partial charge >= 0.3 is 0 Å². The van der Waals surface area contributed by atoms with Gasteiger partial charge in [-0.3, -0.25) is 4.79 Å². The number of nitrogens with two attached hydrogens (primary N) is 1. The van der Waals surface area contributed by atoms with E-state index < -0.39 is 6.04 Å². The van der Waals surface area contributed by atoms with Crippen LogP contribution >= 0.6 is 0 Å². The van der Waals surface area contributed by atoms with E-state index >= 15 is 0 Å². The number of nitrogens with one attached hydrogen (secondary N) is 2. The Morgan fingerprint density at radius 1 is 1.38 bits per heavy atom. The highest BCUT2D eigenvalue weighted by Crippen LogP contribution is 2.19. The molecule has 4 nitrogen and oxygen atoms in total. The van der Waals surface area contributed by atoms with E-state index in [-0.39, 0.29) is 11.3 Å². The highest BCUT2D eigenvalue weighted by Gasteiger charge is 2.20. The number of hydrogen-bond acceptors (Lipinski definition) is 2. The number of para-hydroxylation sites is 1. The minimum atomic E-state index is -0.517. The van der Waals surface area contributed by atoms with Crippen molar-refractivity contribution >= 4 is 16.8 Å². The third kappa shape index (κ3) is 3.85. The van der Waals surface area contributed by atoms with Crippen LogP contribution in [0.3, 0.4) is 0 Å². The minimum absolute atomic E-state index is 0.0817. The smallest absolute Gasteiger partial charge is 0.237 e. The number of carbonyl (C=O) groups excluding carboxylic acids is 1. The van der Waals surface area contributed by atoms with Crippen molar-refractivity contribution in [1.29, 1.82) is 0 Å². The monoisotopic (exact) mass is 287 g/mol. The van der Waals surface area contributed by atoms with E-state index in [9.17, 15) is 4.79 Å². The molecule has 2 rings (SSSR count). The molecule has 1 aromatic carbocycles. The second-order valence-corrected chi connectivity index (χ2v) is 6.41. The van der Waals surface area contributed by atoms with Crippen molar-refractivity contribution in [3.63, 3.8) is 0 Å². The fraction of sp³-hybridized carbons (Fsp3) is 0.471. The molecule has 0 unspecified atom stereocenters. The average molecular weight is 287 g/mol. The number of rotatable bonds is 6. The third-order valence-electron chi connectivity index (χ3n) is 4.15. The highest BCUT2D eigenvalue weighted by atomic mass is 16.2. The Hall–Kier alpha value is -1.81. The van der Waals surface area contributed by atoms with Crippen molar-refractivity contribution in [3.8, 4) is 0 Å². The van der Waals surface area contributed by atoms with Crippen molar-refractivity contribution in [2.75, 3.05) is 6.54 Å². The van der Waals surface area contributed by atoms with Crippen LogP contribution < -0.4 is 11.1 Å². The van der Waals surface area contributed by atoms with Gasteiger partial charge in [-0.05, 0) is 29.9 Å². The Morgan fingerprint density at radius 2 is 2.10 bits per heavy atom. The van der Waals surface area contributed by atoms with Crippen LogP contribution in [0.4, 0.5) is 0 Å². The molecule has 114 valence electrons. The molecule has 1 amide bonds. The molecular formula is C17H25N3O. The van der Waals surface area contributed by atoms with E-state index in [0.717, 1.165) is 22.9 Å². The molecule has 0 aliphatic heterocycles. The zero-order valence-corrected chi connectivity index (χ0v) is 13.1. The maximum atomic E-state index is 12.1. The lowest BCUT2D eigenvalue weighted by Crippen LogP contribution is -2.45. The van der Waals surface area contributed by atoms with Crippen molar-refractivity contribution in [2.24, 2.45) is 11.1 Å². The molecule has 0 aliphatic carbocycles. The minimum Gasteiger partial charge on any atom is -0.361 e. The van der Waals surface area contributed by atoms with E-state index in [0.29, 0.717) is 13.0 Å². The van der Waals surface area contributed by atoms with Gasteiger partial charge in [-0.1, -0.05) is 39.0 Å². The number of benzene rings is 1. The van der Waals surface area contributed by atoms with Crippen LogP contribution in [0, 0.1) is 5.41 Å². The first-order valence-electron chi connectivity index (χ1n) is 7.51. The molecule has 0 radical (unpaired) electrons. The first-order chi connectivity index (χ1) is 9.93. The molecule has 1 heterocycles. The zero-order valence-electron chi connectivity index (χ0n) is 13.1. The highest BCUT2D eigenvalue weighted by molar-refractivity contribution is 5.86. The average Bonchev–Trinajstić information content (AvgIpc) is 2.88. The zero-order chi connectivity index (χ0) is 15.5. The van der Waals surface area contributed by atoms with Gasteiger partial charge in [0.2, 0.25) is 5.91 Å². The SMILES string of the molecule is CCC(C)(C)CNC(=O)[C@@H](N)Cc1c[nH]c2ccccc12. The molecule has 2 aromatic rings. The quantitative estimate of drug-likeness (QED) is 0.764. The van der Waals surface area contributed by atoms with E-state index in [1.807, 2.05) is 30.5 Å². The van der Waals surface area contributed by atoms with E-state index in [1.165, 1.54) is 0 Å². The Bertz CT molecular complexity index is 615. The van der Waals surface area contributed by atoms with Gasteiger partial charge in [-0.25, -0.2) is 0 Å². The standard InChI is InChI=1S/C17H25N3O/c1-4-17(2,3)11-20-16(21)14(18)9-12-10-19-15-8-6-5-7-13(12)15/h5-8,10,14,19H,4,9,11,18H2,1-3H3,(H,20,21)/t14-/m0/s1. The summed E-state index contributed by atoms with van der Waals surface area (Å²) in [4.78, 5) is 15.3. The number of aromatic nitrogens is 1. The summed E-state index contributed by atoms with van der Waals surface area (Å²) in [6.45, 7) is 7.05.